The lowest BCUT2D eigenvalue weighted by atomic mass is 9.94. The van der Waals surface area contributed by atoms with Gasteiger partial charge in [-0.1, -0.05) is 85.0 Å². The zero-order chi connectivity index (χ0) is 21.6. The summed E-state index contributed by atoms with van der Waals surface area (Å²) in [6.07, 6.45) is 17.5. The highest BCUT2D eigenvalue weighted by atomic mass is 16.5. The Morgan fingerprint density at radius 2 is 1.31 bits per heavy atom. The highest BCUT2D eigenvalue weighted by Gasteiger charge is 2.19. The van der Waals surface area contributed by atoms with Crippen molar-refractivity contribution in [2.75, 3.05) is 32.8 Å². The van der Waals surface area contributed by atoms with Crippen LogP contribution in [0.3, 0.4) is 0 Å². The third-order valence-corrected chi connectivity index (χ3v) is 5.71. The zero-order valence-corrected chi connectivity index (χ0v) is 19.9. The first kappa shape index (κ1) is 28.4. The number of ether oxygens (including phenoxy) is 1. The van der Waals surface area contributed by atoms with E-state index in [9.17, 15) is 4.79 Å². The molecule has 0 aliphatic carbocycles. The lowest BCUT2D eigenvalue weighted by Gasteiger charge is -2.20. The fourth-order valence-corrected chi connectivity index (χ4v) is 3.89. The summed E-state index contributed by atoms with van der Waals surface area (Å²) < 4.78 is 5.65. The smallest absolute Gasteiger partial charge is 0.308 e. The summed E-state index contributed by atoms with van der Waals surface area (Å²) in [5.74, 6) is 0.139. The summed E-state index contributed by atoms with van der Waals surface area (Å²) in [6, 6.07) is 0. The number of nitrogens with zero attached hydrogens (tertiary/aromatic N) is 1. The Labute approximate surface area is 181 Å². The Bertz CT molecular complexity index is 343. The molecule has 0 radical (unpaired) electrons. The summed E-state index contributed by atoms with van der Waals surface area (Å²) in [5.41, 5.74) is 0. The quantitative estimate of drug-likeness (QED) is 0.166. The molecular formula is C25H51NO3. The average Bonchev–Trinajstić information content (AvgIpc) is 2.71. The number of aliphatic hydroxyl groups is 1. The molecule has 1 N–H and O–H groups in total. The van der Waals surface area contributed by atoms with Crippen LogP contribution >= 0.6 is 0 Å². The number of unbranched alkanes of at least 4 members (excludes halogenated alkanes) is 9. The summed E-state index contributed by atoms with van der Waals surface area (Å²) in [6.45, 7) is 10.1. The van der Waals surface area contributed by atoms with Gasteiger partial charge < -0.3 is 14.7 Å². The first-order valence-electron chi connectivity index (χ1n) is 12.7. The molecule has 1 atom stereocenters. The van der Waals surface area contributed by atoms with Gasteiger partial charge in [0.15, 0.2) is 0 Å². The molecule has 0 heterocycles. The zero-order valence-electron chi connectivity index (χ0n) is 19.9. The minimum Gasteiger partial charge on any atom is -0.465 e. The monoisotopic (exact) mass is 413 g/mol. The molecule has 0 aliphatic rings. The molecule has 0 rings (SSSR count). The predicted octanol–water partition coefficient (Wildman–Crippen LogP) is 6.35. The van der Waals surface area contributed by atoms with Crippen molar-refractivity contribution in [2.24, 2.45) is 5.92 Å². The van der Waals surface area contributed by atoms with Crippen molar-refractivity contribution < 1.29 is 14.6 Å². The molecule has 1 unspecified atom stereocenters. The average molecular weight is 414 g/mol. The van der Waals surface area contributed by atoms with Crippen LogP contribution in [0.15, 0.2) is 0 Å². The number of hydrogen-bond donors (Lipinski definition) is 1. The second-order valence-electron chi connectivity index (χ2n) is 8.54. The highest BCUT2D eigenvalue weighted by molar-refractivity contribution is 5.72. The van der Waals surface area contributed by atoms with Gasteiger partial charge >= 0.3 is 5.97 Å². The largest absolute Gasteiger partial charge is 0.465 e. The van der Waals surface area contributed by atoms with Gasteiger partial charge in [0.05, 0.1) is 19.1 Å². The van der Waals surface area contributed by atoms with Gasteiger partial charge in [-0.3, -0.25) is 4.79 Å². The molecule has 0 bridgehead atoms. The number of carbonyl (C=O) groups is 1. The predicted molar refractivity (Wildman–Crippen MR) is 124 cm³/mol. The first-order valence-corrected chi connectivity index (χ1v) is 12.7. The Hall–Kier alpha value is -0.610. The molecular weight excluding hydrogens is 362 g/mol. The van der Waals surface area contributed by atoms with Crippen molar-refractivity contribution in [3.05, 3.63) is 0 Å². The summed E-state index contributed by atoms with van der Waals surface area (Å²) in [4.78, 5) is 14.9. The van der Waals surface area contributed by atoms with Crippen molar-refractivity contribution in [3.63, 3.8) is 0 Å². The van der Waals surface area contributed by atoms with Crippen molar-refractivity contribution in [2.45, 2.75) is 117 Å². The number of carbonyl (C=O) groups excluding carboxylic acids is 1. The second kappa shape index (κ2) is 22.1. The lowest BCUT2D eigenvalue weighted by Crippen LogP contribution is -2.29. The van der Waals surface area contributed by atoms with E-state index in [2.05, 4.69) is 25.7 Å². The van der Waals surface area contributed by atoms with Gasteiger partial charge in [-0.2, -0.15) is 0 Å². The molecule has 4 heteroatoms. The Morgan fingerprint density at radius 1 is 0.724 bits per heavy atom. The first-order chi connectivity index (χ1) is 14.2. The highest BCUT2D eigenvalue weighted by Crippen LogP contribution is 2.20. The molecule has 0 saturated heterocycles. The topological polar surface area (TPSA) is 49.8 Å². The van der Waals surface area contributed by atoms with Crippen LogP contribution in [0.25, 0.3) is 0 Å². The van der Waals surface area contributed by atoms with Crippen molar-refractivity contribution >= 4 is 5.97 Å². The van der Waals surface area contributed by atoms with Gasteiger partial charge in [0.25, 0.3) is 0 Å². The Balaban J connectivity index is 4.12. The van der Waals surface area contributed by atoms with E-state index < -0.39 is 0 Å². The van der Waals surface area contributed by atoms with Gasteiger partial charge in [0.1, 0.15) is 0 Å². The SMILES string of the molecule is CCCCCCCCC(CCCCCC)C(=O)OCCCCN(CCC)CCO. The van der Waals surface area contributed by atoms with E-state index in [1.807, 2.05) is 0 Å². The van der Waals surface area contributed by atoms with E-state index in [4.69, 9.17) is 9.84 Å². The van der Waals surface area contributed by atoms with Crippen LogP contribution in [0, 0.1) is 5.92 Å². The van der Waals surface area contributed by atoms with Crippen LogP contribution in [0.1, 0.15) is 117 Å². The van der Waals surface area contributed by atoms with Gasteiger partial charge in [-0.15, -0.1) is 0 Å². The Morgan fingerprint density at radius 3 is 1.90 bits per heavy atom. The van der Waals surface area contributed by atoms with E-state index in [-0.39, 0.29) is 18.5 Å². The molecule has 0 amide bonds. The number of rotatable bonds is 22. The van der Waals surface area contributed by atoms with Gasteiger partial charge in [0.2, 0.25) is 0 Å². The third kappa shape index (κ3) is 17.9. The normalized spacial score (nSPS) is 12.4. The minimum absolute atomic E-state index is 0.0378. The number of aliphatic hydroxyl groups excluding tert-OH is 1. The van der Waals surface area contributed by atoms with Crippen LogP contribution in [-0.4, -0.2) is 48.8 Å². The minimum atomic E-state index is 0.0378. The van der Waals surface area contributed by atoms with Gasteiger partial charge in [-0.25, -0.2) is 0 Å². The maximum atomic E-state index is 12.6. The summed E-state index contributed by atoms with van der Waals surface area (Å²) >= 11 is 0. The molecule has 0 aromatic carbocycles. The maximum Gasteiger partial charge on any atom is 0.308 e. The van der Waals surface area contributed by atoms with Crippen LogP contribution in [-0.2, 0) is 9.53 Å². The van der Waals surface area contributed by atoms with E-state index in [0.29, 0.717) is 6.61 Å². The van der Waals surface area contributed by atoms with E-state index in [1.54, 1.807) is 0 Å². The van der Waals surface area contributed by atoms with Crippen molar-refractivity contribution in [1.82, 2.24) is 4.90 Å². The standard InChI is InChI=1S/C25H51NO3/c1-4-7-9-11-12-14-18-24(17-13-10-8-5-2)25(28)29-23-16-15-20-26(19-6-3)21-22-27/h24,27H,4-23H2,1-3H3. The van der Waals surface area contributed by atoms with Crippen molar-refractivity contribution in [1.29, 1.82) is 0 Å². The van der Waals surface area contributed by atoms with Crippen molar-refractivity contribution in [3.8, 4) is 0 Å². The van der Waals surface area contributed by atoms with E-state index in [0.717, 1.165) is 64.6 Å². The van der Waals surface area contributed by atoms with E-state index in [1.165, 1.54) is 51.4 Å². The summed E-state index contributed by atoms with van der Waals surface area (Å²) in [5, 5.41) is 9.12. The fraction of sp³-hybridized carbons (Fsp3) is 0.960. The number of hydrogen-bond acceptors (Lipinski definition) is 4. The molecule has 0 aromatic heterocycles. The fourth-order valence-electron chi connectivity index (χ4n) is 3.89. The third-order valence-electron chi connectivity index (χ3n) is 5.71. The van der Waals surface area contributed by atoms with Gasteiger partial charge in [0, 0.05) is 6.54 Å². The molecule has 174 valence electrons. The van der Waals surface area contributed by atoms with Gasteiger partial charge in [-0.05, 0) is 45.2 Å². The second-order valence-corrected chi connectivity index (χ2v) is 8.54. The molecule has 29 heavy (non-hydrogen) atoms. The molecule has 4 nitrogen and oxygen atoms in total. The molecule has 0 aliphatic heterocycles. The van der Waals surface area contributed by atoms with E-state index >= 15 is 0 Å². The van der Waals surface area contributed by atoms with Crippen LogP contribution in [0.4, 0.5) is 0 Å². The van der Waals surface area contributed by atoms with Crippen LogP contribution in [0.2, 0.25) is 0 Å². The molecule has 0 saturated carbocycles. The maximum absolute atomic E-state index is 12.6. The molecule has 0 fully saturated rings. The summed E-state index contributed by atoms with van der Waals surface area (Å²) in [7, 11) is 0. The Kier molecular flexibility index (Phi) is 21.6. The lowest BCUT2D eigenvalue weighted by molar-refractivity contribution is -0.149. The van der Waals surface area contributed by atoms with Crippen LogP contribution < -0.4 is 0 Å². The molecule has 0 aromatic rings. The molecule has 0 spiro atoms. The number of esters is 1. The van der Waals surface area contributed by atoms with Crippen LogP contribution in [0.5, 0.6) is 0 Å².